The van der Waals surface area contributed by atoms with Crippen LogP contribution < -0.4 is 5.32 Å². The largest absolute Gasteiger partial charge is 0.309 e. The Labute approximate surface area is 107 Å². The van der Waals surface area contributed by atoms with E-state index in [2.05, 4.69) is 31.2 Å². The third-order valence-electron chi connectivity index (χ3n) is 2.49. The second kappa shape index (κ2) is 5.33. The maximum atomic E-state index is 13.9. The minimum absolute atomic E-state index is 0.262. The first kappa shape index (κ1) is 12.1. The van der Waals surface area contributed by atoms with Gasteiger partial charge in [0.1, 0.15) is 12.1 Å². The Kier molecular flexibility index (Phi) is 3.81. The van der Waals surface area contributed by atoms with Crippen molar-refractivity contribution in [2.45, 2.75) is 6.04 Å². The molecule has 1 aromatic carbocycles. The topological polar surface area (TPSA) is 37.8 Å². The van der Waals surface area contributed by atoms with Crippen LogP contribution in [0.2, 0.25) is 0 Å². The van der Waals surface area contributed by atoms with Crippen molar-refractivity contribution in [3.05, 3.63) is 58.3 Å². The Morgan fingerprint density at radius 1 is 1.29 bits per heavy atom. The monoisotopic (exact) mass is 295 g/mol. The van der Waals surface area contributed by atoms with E-state index >= 15 is 0 Å². The molecule has 0 bridgehead atoms. The summed E-state index contributed by atoms with van der Waals surface area (Å²) in [5.41, 5.74) is 1.38. The lowest BCUT2D eigenvalue weighted by Gasteiger charge is -2.18. The number of nitrogens with zero attached hydrogens (tertiary/aromatic N) is 2. The van der Waals surface area contributed by atoms with E-state index in [1.165, 1.54) is 12.4 Å². The van der Waals surface area contributed by atoms with Gasteiger partial charge in [-0.25, -0.2) is 14.4 Å². The van der Waals surface area contributed by atoms with Crippen LogP contribution in [-0.4, -0.2) is 17.0 Å². The number of hydrogen-bond acceptors (Lipinski definition) is 3. The van der Waals surface area contributed by atoms with Crippen molar-refractivity contribution >= 4 is 15.9 Å². The molecule has 0 saturated heterocycles. The summed E-state index contributed by atoms with van der Waals surface area (Å²) < 4.78 is 14.6. The van der Waals surface area contributed by atoms with E-state index in [9.17, 15) is 4.39 Å². The molecule has 0 fully saturated rings. The molecule has 2 aromatic rings. The van der Waals surface area contributed by atoms with Crippen molar-refractivity contribution in [1.29, 1.82) is 0 Å². The van der Waals surface area contributed by atoms with Crippen LogP contribution in [0.4, 0.5) is 4.39 Å². The number of nitrogens with one attached hydrogen (secondary N) is 1. The predicted octanol–water partition coefficient (Wildman–Crippen LogP) is 2.69. The fraction of sp³-hybridized carbons (Fsp3) is 0.167. The zero-order valence-corrected chi connectivity index (χ0v) is 10.8. The van der Waals surface area contributed by atoms with E-state index in [4.69, 9.17) is 0 Å². The number of rotatable bonds is 3. The Morgan fingerprint density at radius 3 is 2.59 bits per heavy atom. The van der Waals surface area contributed by atoms with Crippen LogP contribution in [0.5, 0.6) is 0 Å². The van der Waals surface area contributed by atoms with Gasteiger partial charge >= 0.3 is 0 Å². The molecule has 1 unspecified atom stereocenters. The van der Waals surface area contributed by atoms with Crippen LogP contribution in [0.15, 0.2) is 41.4 Å². The predicted molar refractivity (Wildman–Crippen MR) is 67.0 cm³/mol. The summed E-state index contributed by atoms with van der Waals surface area (Å²) in [6, 6.07) is 4.64. The summed E-state index contributed by atoms with van der Waals surface area (Å²) in [6.07, 6.45) is 4.80. The van der Waals surface area contributed by atoms with E-state index in [0.29, 0.717) is 5.56 Å². The van der Waals surface area contributed by atoms with Gasteiger partial charge in [0.25, 0.3) is 0 Å². The van der Waals surface area contributed by atoms with Crippen molar-refractivity contribution in [3.8, 4) is 0 Å². The van der Waals surface area contributed by atoms with E-state index < -0.39 is 0 Å². The molecule has 0 aliphatic rings. The first-order valence-electron chi connectivity index (χ1n) is 5.10. The Morgan fingerprint density at radius 2 is 2.00 bits per heavy atom. The summed E-state index contributed by atoms with van der Waals surface area (Å²) in [7, 11) is 1.77. The molecule has 17 heavy (non-hydrogen) atoms. The minimum atomic E-state index is -0.272. The summed E-state index contributed by atoms with van der Waals surface area (Å²) in [5, 5.41) is 3.07. The van der Waals surface area contributed by atoms with Gasteiger partial charge in [0, 0.05) is 28.0 Å². The summed E-state index contributed by atoms with van der Waals surface area (Å²) >= 11 is 3.37. The van der Waals surface area contributed by atoms with Crippen molar-refractivity contribution in [3.63, 3.8) is 0 Å². The molecule has 1 aromatic heterocycles. The van der Waals surface area contributed by atoms with Gasteiger partial charge in [0.15, 0.2) is 0 Å². The van der Waals surface area contributed by atoms with Gasteiger partial charge in [0.05, 0.1) is 6.04 Å². The number of halogens is 2. The highest BCUT2D eigenvalue weighted by atomic mass is 79.9. The molecule has 0 spiro atoms. The molecule has 0 saturated carbocycles. The first-order chi connectivity index (χ1) is 8.24. The molecular weight excluding hydrogens is 285 g/mol. The van der Waals surface area contributed by atoms with Crippen LogP contribution in [-0.2, 0) is 0 Å². The molecule has 3 nitrogen and oxygen atoms in total. The number of benzene rings is 1. The fourth-order valence-corrected chi connectivity index (χ4v) is 2.29. The average molecular weight is 296 g/mol. The van der Waals surface area contributed by atoms with Gasteiger partial charge in [-0.2, -0.15) is 0 Å². The summed E-state index contributed by atoms with van der Waals surface area (Å²) in [4.78, 5) is 7.90. The molecular formula is C12H11BrFN3. The smallest absolute Gasteiger partial charge is 0.129 e. The van der Waals surface area contributed by atoms with E-state index in [-0.39, 0.29) is 11.9 Å². The van der Waals surface area contributed by atoms with E-state index in [1.807, 2.05) is 6.07 Å². The molecule has 2 rings (SSSR count). The minimum Gasteiger partial charge on any atom is -0.309 e. The molecule has 1 heterocycles. The van der Waals surface area contributed by atoms with Crippen LogP contribution in [0.3, 0.4) is 0 Å². The van der Waals surface area contributed by atoms with Crippen LogP contribution in [0.25, 0.3) is 0 Å². The maximum absolute atomic E-state index is 13.9. The van der Waals surface area contributed by atoms with Crippen molar-refractivity contribution in [2.24, 2.45) is 0 Å². The SMILES string of the molecule is CNC(c1cncnc1)c1c(F)cccc1Br. The van der Waals surface area contributed by atoms with Gasteiger partial charge in [-0.3, -0.25) is 0 Å². The summed E-state index contributed by atoms with van der Waals surface area (Å²) in [5.74, 6) is -0.262. The van der Waals surface area contributed by atoms with Crippen molar-refractivity contribution < 1.29 is 4.39 Å². The molecule has 0 amide bonds. The highest BCUT2D eigenvalue weighted by Gasteiger charge is 2.19. The first-order valence-corrected chi connectivity index (χ1v) is 5.89. The molecule has 5 heteroatoms. The lowest BCUT2D eigenvalue weighted by Crippen LogP contribution is -2.19. The Hall–Kier alpha value is -1.33. The second-order valence-corrected chi connectivity index (χ2v) is 4.38. The molecule has 0 aliphatic heterocycles. The van der Waals surface area contributed by atoms with E-state index in [0.717, 1.165) is 10.0 Å². The average Bonchev–Trinajstić information content (AvgIpc) is 2.35. The quantitative estimate of drug-likeness (QED) is 0.946. The van der Waals surface area contributed by atoms with Gasteiger partial charge < -0.3 is 5.32 Å². The van der Waals surface area contributed by atoms with Crippen molar-refractivity contribution in [2.75, 3.05) is 7.05 Å². The van der Waals surface area contributed by atoms with Crippen LogP contribution >= 0.6 is 15.9 Å². The van der Waals surface area contributed by atoms with Gasteiger partial charge in [-0.15, -0.1) is 0 Å². The standard InChI is InChI=1S/C12H11BrFN3/c1-15-12(8-5-16-7-17-6-8)11-9(13)3-2-4-10(11)14/h2-7,12,15H,1H3. The third kappa shape index (κ3) is 2.50. The normalized spacial score (nSPS) is 12.4. The van der Waals surface area contributed by atoms with Crippen LogP contribution in [0, 0.1) is 5.82 Å². The number of hydrogen-bond donors (Lipinski definition) is 1. The van der Waals surface area contributed by atoms with Crippen molar-refractivity contribution in [1.82, 2.24) is 15.3 Å². The van der Waals surface area contributed by atoms with Gasteiger partial charge in [-0.1, -0.05) is 22.0 Å². The lowest BCUT2D eigenvalue weighted by atomic mass is 10.0. The Balaban J connectivity index is 2.50. The zero-order chi connectivity index (χ0) is 12.3. The molecule has 0 aliphatic carbocycles. The fourth-order valence-electron chi connectivity index (χ4n) is 1.72. The Bertz CT molecular complexity index is 484. The zero-order valence-electron chi connectivity index (χ0n) is 9.19. The second-order valence-electron chi connectivity index (χ2n) is 3.53. The van der Waals surface area contributed by atoms with Crippen LogP contribution in [0.1, 0.15) is 17.2 Å². The molecule has 88 valence electrons. The molecule has 1 atom stereocenters. The van der Waals surface area contributed by atoms with Gasteiger partial charge in [0.2, 0.25) is 0 Å². The van der Waals surface area contributed by atoms with Gasteiger partial charge in [-0.05, 0) is 19.2 Å². The highest BCUT2D eigenvalue weighted by Crippen LogP contribution is 2.29. The number of aromatic nitrogens is 2. The summed E-state index contributed by atoms with van der Waals surface area (Å²) in [6.45, 7) is 0. The molecule has 0 radical (unpaired) electrons. The maximum Gasteiger partial charge on any atom is 0.129 e. The third-order valence-corrected chi connectivity index (χ3v) is 3.18. The van der Waals surface area contributed by atoms with E-state index in [1.54, 1.807) is 25.5 Å². The lowest BCUT2D eigenvalue weighted by molar-refractivity contribution is 0.572. The molecule has 1 N–H and O–H groups in total. The highest BCUT2D eigenvalue weighted by molar-refractivity contribution is 9.10.